The zero-order valence-electron chi connectivity index (χ0n) is 80.4. The van der Waals surface area contributed by atoms with Crippen molar-refractivity contribution >= 4 is 179 Å². The first kappa shape index (κ1) is 86.4. The molecule has 0 saturated heterocycles. The fraction of sp³-hybridized carbons (Fsp3) is 0. The molecule has 0 atom stereocenters. The maximum absolute atomic E-state index is 7.66. The average Bonchev–Trinajstić information content (AvgIpc) is 1.45. The van der Waals surface area contributed by atoms with Crippen LogP contribution >= 0.6 is 0 Å². The first-order valence-electron chi connectivity index (χ1n) is 50.1. The minimum atomic E-state index is 0.579. The fourth-order valence-corrected chi connectivity index (χ4v) is 22.9. The molecular formula is C140H83N9. The lowest BCUT2D eigenvalue weighted by Gasteiger charge is -2.15. The van der Waals surface area contributed by atoms with Crippen molar-refractivity contribution in [3.8, 4) is 118 Å². The Morgan fingerprint density at radius 2 is 0.409 bits per heavy atom. The van der Waals surface area contributed by atoms with Crippen molar-refractivity contribution in [1.82, 2.24) is 28.7 Å². The predicted molar refractivity (Wildman–Crippen MR) is 623 cm³/mol. The number of benzene rings is 27. The van der Waals surface area contributed by atoms with Crippen LogP contribution < -0.4 is 0 Å². The van der Waals surface area contributed by atoms with Gasteiger partial charge in [0.05, 0.1) is 52.8 Å². The van der Waals surface area contributed by atoms with Crippen molar-refractivity contribution in [3.63, 3.8) is 0 Å². The second-order valence-electron chi connectivity index (χ2n) is 38.5. The first-order chi connectivity index (χ1) is 73.7. The molecule has 0 N–H and O–H groups in total. The van der Waals surface area contributed by atoms with Crippen LogP contribution in [0.1, 0.15) is 0 Å². The molecule has 0 unspecified atom stereocenters. The van der Waals surface area contributed by atoms with Gasteiger partial charge in [0.15, 0.2) is 17.1 Å². The van der Waals surface area contributed by atoms with Crippen molar-refractivity contribution in [3.05, 3.63) is 538 Å². The molecule has 30 aromatic rings. The number of hydrogen-bond acceptors (Lipinski definition) is 3. The Hall–Kier alpha value is -20.5. The van der Waals surface area contributed by atoms with E-state index in [1.165, 1.54) is 168 Å². The monoisotopic (exact) mass is 1890 g/mol. The Kier molecular flexibility index (Phi) is 20.6. The zero-order valence-corrected chi connectivity index (χ0v) is 80.4. The van der Waals surface area contributed by atoms with Crippen molar-refractivity contribution in [2.45, 2.75) is 0 Å². The van der Waals surface area contributed by atoms with E-state index >= 15 is 0 Å². The summed E-state index contributed by atoms with van der Waals surface area (Å²) in [7, 11) is 0. The third-order valence-corrected chi connectivity index (χ3v) is 30.1. The molecule has 30 rings (SSSR count). The van der Waals surface area contributed by atoms with Gasteiger partial charge in [-0.2, -0.15) is 0 Å². The minimum absolute atomic E-state index is 0.579. The van der Waals surface area contributed by atoms with Gasteiger partial charge in [0, 0.05) is 33.8 Å². The van der Waals surface area contributed by atoms with Gasteiger partial charge in [0.2, 0.25) is 0 Å². The molecule has 0 aliphatic rings. The van der Waals surface area contributed by atoms with Gasteiger partial charge in [-0.1, -0.05) is 406 Å². The van der Waals surface area contributed by atoms with Crippen molar-refractivity contribution in [2.75, 3.05) is 0 Å². The summed E-state index contributed by atoms with van der Waals surface area (Å²) >= 11 is 0. The van der Waals surface area contributed by atoms with Crippen molar-refractivity contribution < 1.29 is 0 Å². The molecule has 149 heavy (non-hydrogen) atoms. The largest absolute Gasteiger partial charge is 0.292 e. The van der Waals surface area contributed by atoms with E-state index in [9.17, 15) is 0 Å². The van der Waals surface area contributed by atoms with Crippen LogP contribution in [-0.2, 0) is 0 Å². The van der Waals surface area contributed by atoms with Crippen LogP contribution in [0.4, 0.5) is 17.1 Å². The molecule has 27 aromatic carbocycles. The Morgan fingerprint density at radius 1 is 0.154 bits per heavy atom. The van der Waals surface area contributed by atoms with Gasteiger partial charge in [-0.25, -0.2) is 29.5 Å². The molecule has 0 fully saturated rings. The van der Waals surface area contributed by atoms with Crippen LogP contribution in [-0.4, -0.2) is 28.7 Å². The second kappa shape index (κ2) is 35.5. The van der Waals surface area contributed by atoms with E-state index in [0.717, 1.165) is 112 Å². The summed E-state index contributed by atoms with van der Waals surface area (Å²) in [6, 6.07) is 179. The summed E-state index contributed by atoms with van der Waals surface area (Å²) in [6.45, 7) is 22.8. The Bertz CT molecular complexity index is 10800. The molecule has 0 amide bonds. The molecule has 0 aliphatic carbocycles. The van der Waals surface area contributed by atoms with Crippen LogP contribution in [0.2, 0.25) is 0 Å². The summed E-state index contributed by atoms with van der Waals surface area (Å²) in [5.74, 6) is 2.53. The molecule has 9 heteroatoms. The molecule has 3 heterocycles. The zero-order chi connectivity index (χ0) is 98.8. The highest BCUT2D eigenvalue weighted by Gasteiger charge is 2.24. The van der Waals surface area contributed by atoms with Crippen LogP contribution in [0.5, 0.6) is 0 Å². The highest BCUT2D eigenvalue weighted by atomic mass is 15.1. The maximum atomic E-state index is 7.66. The van der Waals surface area contributed by atoms with E-state index in [1.807, 2.05) is 54.6 Å². The van der Waals surface area contributed by atoms with Crippen molar-refractivity contribution in [2.24, 2.45) is 0 Å². The smallest absolute Gasteiger partial charge is 0.189 e. The van der Waals surface area contributed by atoms with Crippen molar-refractivity contribution in [1.29, 1.82) is 0 Å². The van der Waals surface area contributed by atoms with E-state index in [1.54, 1.807) is 0 Å². The molecule has 9 nitrogen and oxygen atoms in total. The summed E-state index contributed by atoms with van der Waals surface area (Å²) in [5.41, 5.74) is 27.4. The van der Waals surface area contributed by atoms with E-state index in [0.29, 0.717) is 17.1 Å². The van der Waals surface area contributed by atoms with Gasteiger partial charge >= 0.3 is 0 Å². The first-order valence-corrected chi connectivity index (χ1v) is 50.1. The maximum Gasteiger partial charge on any atom is 0.189 e. The van der Waals surface area contributed by atoms with E-state index in [-0.39, 0.29) is 0 Å². The molecule has 0 aliphatic heterocycles. The van der Waals surface area contributed by atoms with Crippen LogP contribution in [0.3, 0.4) is 0 Å². The normalized spacial score (nSPS) is 11.6. The topological polar surface area (TPSA) is 66.5 Å². The van der Waals surface area contributed by atoms with E-state index in [4.69, 9.17) is 34.7 Å². The molecular weight excluding hydrogens is 1810 g/mol. The quantitative estimate of drug-likeness (QED) is 0.0904. The third kappa shape index (κ3) is 14.9. The fourth-order valence-electron chi connectivity index (χ4n) is 22.9. The number of fused-ring (bicyclic) bond motifs is 11. The van der Waals surface area contributed by atoms with Crippen LogP contribution in [0.15, 0.2) is 504 Å². The number of imidazole rings is 3. The molecule has 0 saturated carbocycles. The molecule has 0 spiro atoms. The summed E-state index contributed by atoms with van der Waals surface area (Å²) < 4.78 is 6.63. The summed E-state index contributed by atoms with van der Waals surface area (Å²) in [4.78, 5) is 26.4. The summed E-state index contributed by atoms with van der Waals surface area (Å²) in [6.07, 6.45) is 0. The predicted octanol–water partition coefficient (Wildman–Crippen LogP) is 38.4. The van der Waals surface area contributed by atoms with Gasteiger partial charge in [0.1, 0.15) is 17.5 Å². The van der Waals surface area contributed by atoms with Gasteiger partial charge in [-0.15, -0.1) is 0 Å². The Labute approximate surface area is 857 Å². The number of nitrogens with zero attached hydrogens (tertiary/aromatic N) is 9. The molecule has 0 bridgehead atoms. The minimum Gasteiger partial charge on any atom is -0.292 e. The number of rotatable bonds is 12. The highest BCUT2D eigenvalue weighted by molar-refractivity contribution is 6.27. The number of hydrogen-bond donors (Lipinski definition) is 0. The Balaban J connectivity index is 0.000000108. The lowest BCUT2D eigenvalue weighted by molar-refractivity contribution is 1.10. The average molecular weight is 1890 g/mol. The lowest BCUT2D eigenvalue weighted by atomic mass is 9.90. The molecule has 3 aromatic heterocycles. The van der Waals surface area contributed by atoms with Gasteiger partial charge in [-0.05, 0) is 293 Å². The SMILES string of the molecule is [C-]#[N+]c1ccc2c(c1)nc(-c1ccc(-c3cc4ccccc4c4ccccc34)cc1)n2-c1ccc(-c2cc3ccccc3c3ccccc23)cc1.[C-]#[N+]c1ccc2c(c1)nc(-c1ccc(-c3ccc4ccc5cccc6ccc3c4c56)cc1)n2-c1ccc(-c2ccc3ccc4cccc5ccc2c3c45)cc1.[C-]#[N+]c1ccc2c(c1)nc(-c1ccc(-c3ccc4ccccc4c3)cc1)n2-c1ccc(-c2ccc3ccccc3c2)cc1. The summed E-state index contributed by atoms with van der Waals surface area (Å²) in [5, 5.41) is 30.3. The lowest BCUT2D eigenvalue weighted by Crippen LogP contribution is -1.98. The third-order valence-electron chi connectivity index (χ3n) is 30.1. The van der Waals surface area contributed by atoms with Gasteiger partial charge in [0.25, 0.3) is 0 Å². The molecule has 688 valence electrons. The van der Waals surface area contributed by atoms with E-state index < -0.39 is 0 Å². The Morgan fingerprint density at radius 3 is 0.765 bits per heavy atom. The van der Waals surface area contributed by atoms with E-state index in [2.05, 4.69) is 477 Å². The highest BCUT2D eigenvalue weighted by Crippen LogP contribution is 2.47. The second-order valence-corrected chi connectivity index (χ2v) is 38.5. The van der Waals surface area contributed by atoms with Gasteiger partial charge in [-0.3, -0.25) is 13.7 Å². The standard InChI is InChI=1S/C52H29N3.C48H29N3.C40H25N3/c1-53-40-22-29-47-46(30-40)54-52(39-14-8-31(9-15-39)42-25-18-37-12-10-33-4-2-6-35-20-27-44(42)50(37)48(33)35)55(47)41-23-16-32(17-24-41)43-26-19-38-13-11-34-5-3-7-36-21-28-45(43)51(38)49(34)36;1-49-36-24-27-47-46(30-36)50-48(33-20-18-31(19-21-33)44-28-34-10-2-4-12-38(34)40-14-6-8-16-42(40)44)51(47)37-25-22-32(23-26-37)45-29-35-11-3-5-13-39(35)41-15-7-9-17-43(41)45;1-41-36-20-23-39-38(26-36)42-40(31-14-10-29(11-15-31)34-16-12-27-6-2-4-8-32(27)24-34)43(39)37-21-18-30(19-22-37)35-17-13-28-7-3-5-9-33(28)25-35/h2-30H;2-30H;2-26H. The van der Waals surface area contributed by atoms with Crippen LogP contribution in [0.25, 0.3) is 295 Å². The van der Waals surface area contributed by atoms with Crippen LogP contribution in [0, 0.1) is 19.7 Å². The molecule has 0 radical (unpaired) electrons. The van der Waals surface area contributed by atoms with Gasteiger partial charge < -0.3 is 0 Å². The number of aromatic nitrogens is 6.